The molecule has 0 radical (unpaired) electrons. The summed E-state index contributed by atoms with van der Waals surface area (Å²) in [5, 5.41) is 43.8. The van der Waals surface area contributed by atoms with Gasteiger partial charge in [-0.2, -0.15) is 5.26 Å². The number of aromatic nitrogens is 1. The first-order valence-electron chi connectivity index (χ1n) is 13.7. The van der Waals surface area contributed by atoms with Crippen LogP contribution >= 0.6 is 0 Å². The van der Waals surface area contributed by atoms with E-state index in [1.54, 1.807) is 42.5 Å². The molecule has 4 aromatic rings. The topological polar surface area (TPSA) is 138 Å². The molecule has 0 unspecified atom stereocenters. The number of carboxylic acid groups (broad SMARTS) is 1. The fourth-order valence-electron chi connectivity index (χ4n) is 5.02. The minimum absolute atomic E-state index is 0. The number of nitrogens with zero attached hydrogens (tertiary/aromatic N) is 2. The number of hydrogen-bond donors (Lipinski definition) is 3. The van der Waals surface area contributed by atoms with E-state index in [0.717, 1.165) is 5.56 Å². The van der Waals surface area contributed by atoms with Crippen LogP contribution in [0.3, 0.4) is 0 Å². The largest absolute Gasteiger partial charge is 1.00 e. The van der Waals surface area contributed by atoms with Crippen LogP contribution in [-0.4, -0.2) is 38.9 Å². The third-order valence-corrected chi connectivity index (χ3v) is 6.81. The molecule has 1 amide bonds. The van der Waals surface area contributed by atoms with E-state index >= 15 is 0 Å². The van der Waals surface area contributed by atoms with Gasteiger partial charge in [0.15, 0.2) is 0 Å². The van der Waals surface area contributed by atoms with Gasteiger partial charge < -0.3 is 30.0 Å². The Bertz CT molecular complexity index is 1680. The molecule has 8 nitrogen and oxygen atoms in total. The average molecular weight is 604 g/mol. The van der Waals surface area contributed by atoms with Gasteiger partial charge in [-0.1, -0.05) is 54.6 Å². The summed E-state index contributed by atoms with van der Waals surface area (Å²) < 4.78 is 15.8. The molecule has 0 saturated heterocycles. The van der Waals surface area contributed by atoms with Crippen LogP contribution in [0.25, 0.3) is 28.3 Å². The van der Waals surface area contributed by atoms with Crippen LogP contribution < -0.4 is 40.0 Å². The number of carbonyl (C=O) groups excluding carboxylic acids is 2. The van der Waals surface area contributed by atoms with E-state index in [9.17, 15) is 34.6 Å². The molecule has 1 heterocycles. The van der Waals surface area contributed by atoms with Crippen LogP contribution in [0.4, 0.5) is 10.1 Å². The number of benzene rings is 3. The van der Waals surface area contributed by atoms with Gasteiger partial charge in [0, 0.05) is 47.4 Å². The number of nitrogens with one attached hydrogen (secondary N) is 1. The normalized spacial score (nSPS) is 12.4. The number of aliphatic hydroxyl groups excluding tert-OH is 2. The van der Waals surface area contributed by atoms with Gasteiger partial charge in [-0.25, -0.2) is 4.39 Å². The van der Waals surface area contributed by atoms with Crippen molar-refractivity contribution < 1.29 is 58.9 Å². The van der Waals surface area contributed by atoms with Crippen LogP contribution in [0.1, 0.15) is 54.5 Å². The zero-order valence-electron chi connectivity index (χ0n) is 24.7. The van der Waals surface area contributed by atoms with Crippen molar-refractivity contribution in [1.29, 1.82) is 5.26 Å². The van der Waals surface area contributed by atoms with Crippen LogP contribution in [0.2, 0.25) is 0 Å². The van der Waals surface area contributed by atoms with Gasteiger partial charge in [-0.15, -0.1) is 0 Å². The van der Waals surface area contributed by atoms with Gasteiger partial charge in [-0.05, 0) is 61.4 Å². The zero-order valence-corrected chi connectivity index (χ0v) is 26.7. The molecule has 0 aliphatic heterocycles. The molecule has 1 aromatic heterocycles. The number of halogens is 1. The molecule has 0 spiro atoms. The number of amides is 1. The number of carboxylic acids is 1. The van der Waals surface area contributed by atoms with Gasteiger partial charge in [0.05, 0.1) is 23.8 Å². The Morgan fingerprint density at radius 1 is 1.00 bits per heavy atom. The summed E-state index contributed by atoms with van der Waals surface area (Å²) in [6.45, 7) is 3.79. The molecule has 0 saturated carbocycles. The van der Waals surface area contributed by atoms with Crippen LogP contribution in [-0.2, 0) is 4.79 Å². The Morgan fingerprint density at radius 3 is 2.27 bits per heavy atom. The van der Waals surface area contributed by atoms with Crippen molar-refractivity contribution in [1.82, 2.24) is 4.57 Å². The molecule has 0 aliphatic carbocycles. The molecule has 3 aromatic carbocycles. The number of aliphatic hydroxyl groups is 2. The maximum atomic E-state index is 14.1. The Hall–Kier alpha value is -4.04. The van der Waals surface area contributed by atoms with Crippen molar-refractivity contribution in [3.63, 3.8) is 0 Å². The standard InChI is InChI=1S/C34H32FN3O5.Na/c1-21(2)38-29(16-15-27(39)18-28(40)19-30(41)42)31(24-11-13-25(35)14-12-24)32(23-8-4-3-5-9-23)33(38)34(43)37-26-10-6-7-22(17-26)20-36;/h3-17,21,27-28,39-40H,18-19H2,1-2H3,(H,37,43)(H,41,42);/q;+1/p-1/t27-,28-;/m1./s1. The minimum atomic E-state index is -1.43. The maximum Gasteiger partial charge on any atom is 1.00 e. The Kier molecular flexibility index (Phi) is 12.2. The number of anilines is 1. The van der Waals surface area contributed by atoms with E-state index in [4.69, 9.17) is 0 Å². The van der Waals surface area contributed by atoms with E-state index in [1.165, 1.54) is 18.2 Å². The summed E-state index contributed by atoms with van der Waals surface area (Å²) in [4.78, 5) is 25.0. The smallest absolute Gasteiger partial charge is 0.550 e. The van der Waals surface area contributed by atoms with Crippen LogP contribution in [0.5, 0.6) is 0 Å². The first-order chi connectivity index (χ1) is 20.6. The molecule has 0 fully saturated rings. The number of rotatable bonds is 11. The molecule has 2 atom stereocenters. The predicted octanol–water partition coefficient (Wildman–Crippen LogP) is 1.94. The van der Waals surface area contributed by atoms with Gasteiger partial charge in [0.1, 0.15) is 11.5 Å². The minimum Gasteiger partial charge on any atom is -0.550 e. The van der Waals surface area contributed by atoms with Crippen LogP contribution in [0.15, 0.2) is 84.9 Å². The third kappa shape index (κ3) is 8.32. The number of hydrogen-bond acceptors (Lipinski definition) is 6. The summed E-state index contributed by atoms with van der Waals surface area (Å²) in [5.74, 6) is -2.31. The first kappa shape index (κ1) is 34.5. The summed E-state index contributed by atoms with van der Waals surface area (Å²) in [5.41, 5.74) is 4.15. The van der Waals surface area contributed by atoms with Crippen molar-refractivity contribution >= 4 is 23.6 Å². The fraction of sp³-hybridized carbons (Fsp3) is 0.206. The zero-order chi connectivity index (χ0) is 31.1. The Balaban J connectivity index is 0.00000529. The molecule has 44 heavy (non-hydrogen) atoms. The SMILES string of the molecule is CC(C)n1c(C=C[C@@H](O)C[C@@H](O)CC(=O)[O-])c(-c2ccc(F)cc2)c(-c2ccccc2)c1C(=O)Nc1cccc(C#N)c1.[Na+]. The van der Waals surface area contributed by atoms with E-state index in [-0.39, 0.29) is 42.0 Å². The molecular formula is C34H31FN3NaO5. The van der Waals surface area contributed by atoms with Gasteiger partial charge in [0.25, 0.3) is 5.91 Å². The Labute approximate surface area is 277 Å². The van der Waals surface area contributed by atoms with Crippen molar-refractivity contribution in [3.8, 4) is 28.3 Å². The van der Waals surface area contributed by atoms with E-state index in [1.807, 2.05) is 48.7 Å². The second kappa shape index (κ2) is 15.6. The molecule has 10 heteroatoms. The summed E-state index contributed by atoms with van der Waals surface area (Å²) >= 11 is 0. The molecular weight excluding hydrogens is 572 g/mol. The summed E-state index contributed by atoms with van der Waals surface area (Å²) in [6.07, 6.45) is -0.349. The quantitative estimate of drug-likeness (QED) is 0.224. The van der Waals surface area contributed by atoms with E-state index in [2.05, 4.69) is 11.4 Å². The van der Waals surface area contributed by atoms with Gasteiger partial charge in [-0.3, -0.25) is 4.79 Å². The number of carbonyl (C=O) groups is 2. The number of nitriles is 1. The molecule has 3 N–H and O–H groups in total. The molecule has 0 aliphatic rings. The fourth-order valence-corrected chi connectivity index (χ4v) is 5.02. The second-order valence-corrected chi connectivity index (χ2v) is 10.4. The monoisotopic (exact) mass is 603 g/mol. The van der Waals surface area contributed by atoms with Gasteiger partial charge >= 0.3 is 29.6 Å². The molecule has 4 rings (SSSR count). The maximum absolute atomic E-state index is 14.1. The van der Waals surface area contributed by atoms with E-state index in [0.29, 0.717) is 39.3 Å². The predicted molar refractivity (Wildman–Crippen MR) is 160 cm³/mol. The molecule has 220 valence electrons. The van der Waals surface area contributed by atoms with Crippen molar-refractivity contribution in [2.45, 2.75) is 44.9 Å². The Morgan fingerprint density at radius 2 is 1.66 bits per heavy atom. The summed E-state index contributed by atoms with van der Waals surface area (Å²) in [6, 6.07) is 23.4. The van der Waals surface area contributed by atoms with Crippen molar-refractivity contribution in [2.24, 2.45) is 0 Å². The number of aliphatic carboxylic acids is 1. The van der Waals surface area contributed by atoms with Crippen LogP contribution in [0, 0.1) is 17.1 Å². The first-order valence-corrected chi connectivity index (χ1v) is 13.7. The second-order valence-electron chi connectivity index (χ2n) is 10.4. The van der Waals surface area contributed by atoms with Gasteiger partial charge in [0.2, 0.25) is 0 Å². The molecule has 0 bridgehead atoms. The van der Waals surface area contributed by atoms with E-state index < -0.39 is 36.3 Å². The third-order valence-electron chi connectivity index (χ3n) is 6.81. The van der Waals surface area contributed by atoms with Crippen molar-refractivity contribution in [3.05, 3.63) is 108 Å². The summed E-state index contributed by atoms with van der Waals surface area (Å²) in [7, 11) is 0. The van der Waals surface area contributed by atoms with Crippen molar-refractivity contribution in [2.75, 3.05) is 5.32 Å². The average Bonchev–Trinajstić information content (AvgIpc) is 3.32.